The molecule has 0 aromatic heterocycles. The number of ether oxygens (including phenoxy) is 1. The Bertz CT molecular complexity index is 382. The molecule has 0 atom stereocenters. The number of halogens is 1. The van der Waals surface area contributed by atoms with E-state index in [9.17, 15) is 4.79 Å². The van der Waals surface area contributed by atoms with Gasteiger partial charge in [0.1, 0.15) is 5.75 Å². The van der Waals surface area contributed by atoms with E-state index in [0.29, 0.717) is 31.1 Å². The van der Waals surface area contributed by atoms with Crippen molar-refractivity contribution in [1.82, 2.24) is 4.90 Å². The number of rotatable bonds is 7. The predicted molar refractivity (Wildman–Crippen MR) is 74.5 cm³/mol. The van der Waals surface area contributed by atoms with Gasteiger partial charge in [-0.1, -0.05) is 13.0 Å². The van der Waals surface area contributed by atoms with E-state index in [4.69, 9.17) is 16.3 Å². The maximum absolute atomic E-state index is 12.2. The van der Waals surface area contributed by atoms with E-state index in [1.807, 2.05) is 26.0 Å². The summed E-state index contributed by atoms with van der Waals surface area (Å²) < 4.78 is 5.52. The van der Waals surface area contributed by atoms with Gasteiger partial charge >= 0.3 is 0 Å². The first kappa shape index (κ1) is 14.8. The Morgan fingerprint density at radius 1 is 1.39 bits per heavy atom. The molecule has 18 heavy (non-hydrogen) atoms. The molecule has 0 fully saturated rings. The summed E-state index contributed by atoms with van der Waals surface area (Å²) in [7, 11) is 0. The van der Waals surface area contributed by atoms with Gasteiger partial charge in [0.15, 0.2) is 0 Å². The average Bonchev–Trinajstić information content (AvgIpc) is 2.42. The van der Waals surface area contributed by atoms with E-state index >= 15 is 0 Å². The lowest BCUT2D eigenvalue weighted by molar-refractivity contribution is 0.0773. The number of hydrogen-bond acceptors (Lipinski definition) is 2. The summed E-state index contributed by atoms with van der Waals surface area (Å²) in [4.78, 5) is 13.9. The lowest BCUT2D eigenvalue weighted by Gasteiger charge is -2.19. The molecular weight excluding hydrogens is 250 g/mol. The van der Waals surface area contributed by atoms with Gasteiger partial charge in [-0.25, -0.2) is 0 Å². The average molecular weight is 270 g/mol. The van der Waals surface area contributed by atoms with Crippen molar-refractivity contribution in [2.24, 2.45) is 0 Å². The van der Waals surface area contributed by atoms with Crippen molar-refractivity contribution in [1.29, 1.82) is 0 Å². The quantitative estimate of drug-likeness (QED) is 0.712. The molecule has 1 aromatic carbocycles. The minimum Gasteiger partial charge on any atom is -0.494 e. The molecule has 1 rings (SSSR count). The molecule has 0 N–H and O–H groups in total. The Morgan fingerprint density at radius 3 is 2.78 bits per heavy atom. The highest BCUT2D eigenvalue weighted by Crippen LogP contribution is 2.15. The predicted octanol–water partition coefficient (Wildman–Crippen LogP) is 3.18. The first-order valence-corrected chi connectivity index (χ1v) is 6.84. The van der Waals surface area contributed by atoms with Gasteiger partial charge in [-0.05, 0) is 31.5 Å². The highest BCUT2D eigenvalue weighted by molar-refractivity contribution is 6.18. The van der Waals surface area contributed by atoms with E-state index in [1.165, 1.54) is 0 Å². The molecule has 0 aliphatic carbocycles. The fraction of sp³-hybridized carbons (Fsp3) is 0.500. The molecule has 3 nitrogen and oxygen atoms in total. The zero-order valence-corrected chi connectivity index (χ0v) is 11.7. The third-order valence-corrected chi connectivity index (χ3v) is 2.75. The lowest BCUT2D eigenvalue weighted by atomic mass is 10.2. The number of carbonyl (C=O) groups excluding carboxylic acids is 1. The summed E-state index contributed by atoms with van der Waals surface area (Å²) in [5.74, 6) is 1.19. The number of nitrogens with zero attached hydrogens (tertiary/aromatic N) is 1. The van der Waals surface area contributed by atoms with Crippen LogP contribution in [-0.2, 0) is 0 Å². The van der Waals surface area contributed by atoms with Crippen molar-refractivity contribution in [2.45, 2.75) is 20.3 Å². The SMILES string of the molecule is CCCOc1cccc(C(=O)N(CC)CCCl)c1. The molecule has 0 saturated carbocycles. The number of hydrogen-bond donors (Lipinski definition) is 0. The molecule has 0 radical (unpaired) electrons. The maximum Gasteiger partial charge on any atom is 0.254 e. The number of alkyl halides is 1. The van der Waals surface area contributed by atoms with Crippen LogP contribution in [0.15, 0.2) is 24.3 Å². The highest BCUT2D eigenvalue weighted by Gasteiger charge is 2.13. The molecule has 1 amide bonds. The Labute approximate surface area is 114 Å². The Morgan fingerprint density at radius 2 is 2.17 bits per heavy atom. The fourth-order valence-electron chi connectivity index (χ4n) is 1.63. The van der Waals surface area contributed by atoms with Crippen molar-refractivity contribution in [3.63, 3.8) is 0 Å². The third kappa shape index (κ3) is 4.22. The van der Waals surface area contributed by atoms with Gasteiger partial charge in [0.05, 0.1) is 6.61 Å². The molecule has 0 unspecified atom stereocenters. The topological polar surface area (TPSA) is 29.5 Å². The molecule has 0 bridgehead atoms. The second-order valence-electron chi connectivity index (χ2n) is 3.95. The van der Waals surface area contributed by atoms with Gasteiger partial charge in [-0.3, -0.25) is 4.79 Å². The van der Waals surface area contributed by atoms with Crippen LogP contribution in [-0.4, -0.2) is 36.4 Å². The van der Waals surface area contributed by atoms with Crippen LogP contribution < -0.4 is 4.74 Å². The number of benzene rings is 1. The minimum atomic E-state index is 0.0000912. The first-order chi connectivity index (χ1) is 8.72. The lowest BCUT2D eigenvalue weighted by Crippen LogP contribution is -2.32. The van der Waals surface area contributed by atoms with Gasteiger partial charge in [0.25, 0.3) is 5.91 Å². The van der Waals surface area contributed by atoms with E-state index in [1.54, 1.807) is 17.0 Å². The van der Waals surface area contributed by atoms with Gasteiger partial charge in [-0.15, -0.1) is 11.6 Å². The number of carbonyl (C=O) groups is 1. The van der Waals surface area contributed by atoms with Crippen LogP contribution in [0.1, 0.15) is 30.6 Å². The minimum absolute atomic E-state index is 0.0000912. The zero-order valence-electron chi connectivity index (χ0n) is 11.0. The zero-order chi connectivity index (χ0) is 13.4. The molecular formula is C14H20ClNO2. The molecule has 4 heteroatoms. The van der Waals surface area contributed by atoms with Crippen LogP contribution in [0, 0.1) is 0 Å². The van der Waals surface area contributed by atoms with E-state index in [-0.39, 0.29) is 5.91 Å². The summed E-state index contributed by atoms with van der Waals surface area (Å²) in [5, 5.41) is 0. The molecule has 0 heterocycles. The van der Waals surface area contributed by atoms with Gasteiger partial charge in [0.2, 0.25) is 0 Å². The summed E-state index contributed by atoms with van der Waals surface area (Å²) in [6.07, 6.45) is 0.950. The molecule has 100 valence electrons. The fourth-order valence-corrected chi connectivity index (χ4v) is 1.83. The standard InChI is InChI=1S/C14H20ClNO2/c1-3-10-18-13-7-5-6-12(11-13)14(17)16(4-2)9-8-15/h5-7,11H,3-4,8-10H2,1-2H3. The van der Waals surface area contributed by atoms with Gasteiger partial charge < -0.3 is 9.64 Å². The summed E-state index contributed by atoms with van der Waals surface area (Å²) in [6, 6.07) is 7.30. The van der Waals surface area contributed by atoms with Crippen molar-refractivity contribution >= 4 is 17.5 Å². The van der Waals surface area contributed by atoms with Crippen molar-refractivity contribution in [3.8, 4) is 5.75 Å². The molecule has 1 aromatic rings. The molecule has 0 saturated heterocycles. The van der Waals surface area contributed by atoms with Crippen LogP contribution in [0.25, 0.3) is 0 Å². The third-order valence-electron chi connectivity index (χ3n) is 2.58. The smallest absolute Gasteiger partial charge is 0.254 e. The maximum atomic E-state index is 12.2. The Balaban J connectivity index is 2.78. The second kappa shape index (κ2) is 7.98. The van der Waals surface area contributed by atoms with Crippen LogP contribution in [0.5, 0.6) is 5.75 Å². The van der Waals surface area contributed by atoms with E-state index in [2.05, 4.69) is 0 Å². The molecule has 0 spiro atoms. The van der Waals surface area contributed by atoms with Crippen LogP contribution in [0.2, 0.25) is 0 Å². The Kier molecular flexibility index (Phi) is 6.58. The highest BCUT2D eigenvalue weighted by atomic mass is 35.5. The normalized spacial score (nSPS) is 10.2. The summed E-state index contributed by atoms with van der Waals surface area (Å²) >= 11 is 5.69. The van der Waals surface area contributed by atoms with Crippen molar-refractivity contribution in [2.75, 3.05) is 25.6 Å². The monoisotopic (exact) mass is 269 g/mol. The second-order valence-corrected chi connectivity index (χ2v) is 4.33. The van der Waals surface area contributed by atoms with E-state index in [0.717, 1.165) is 12.2 Å². The van der Waals surface area contributed by atoms with Crippen molar-refractivity contribution in [3.05, 3.63) is 29.8 Å². The van der Waals surface area contributed by atoms with Crippen LogP contribution >= 0.6 is 11.6 Å². The summed E-state index contributed by atoms with van der Waals surface area (Å²) in [5.41, 5.74) is 0.649. The van der Waals surface area contributed by atoms with Crippen molar-refractivity contribution < 1.29 is 9.53 Å². The van der Waals surface area contributed by atoms with Gasteiger partial charge in [-0.2, -0.15) is 0 Å². The molecule has 0 aliphatic heterocycles. The number of amides is 1. The first-order valence-electron chi connectivity index (χ1n) is 6.31. The largest absolute Gasteiger partial charge is 0.494 e. The van der Waals surface area contributed by atoms with Crippen LogP contribution in [0.4, 0.5) is 0 Å². The van der Waals surface area contributed by atoms with E-state index < -0.39 is 0 Å². The Hall–Kier alpha value is -1.22. The summed E-state index contributed by atoms with van der Waals surface area (Å²) in [6.45, 7) is 5.88. The van der Waals surface area contributed by atoms with Crippen LogP contribution in [0.3, 0.4) is 0 Å². The molecule has 0 aliphatic rings. The van der Waals surface area contributed by atoms with Gasteiger partial charge in [0, 0.05) is 24.5 Å².